The van der Waals surface area contributed by atoms with E-state index in [1.54, 1.807) is 9.58 Å². The minimum Gasteiger partial charge on any atom is -0.467 e. The number of ether oxygens (including phenoxy) is 1. The summed E-state index contributed by atoms with van der Waals surface area (Å²) in [6.07, 6.45) is 3.67. The van der Waals surface area contributed by atoms with Crippen LogP contribution in [0.25, 0.3) is 0 Å². The highest BCUT2D eigenvalue weighted by atomic mass is 32.2. The van der Waals surface area contributed by atoms with Crippen LogP contribution in [-0.4, -0.2) is 62.4 Å². The molecule has 0 N–H and O–H groups in total. The zero-order valence-electron chi connectivity index (χ0n) is 11.8. The molecule has 0 bridgehead atoms. The van der Waals surface area contributed by atoms with Crippen LogP contribution in [0.3, 0.4) is 0 Å². The van der Waals surface area contributed by atoms with Crippen molar-refractivity contribution in [3.63, 3.8) is 0 Å². The smallest absolute Gasteiger partial charge is 0.328 e. The average molecular weight is 311 g/mol. The van der Waals surface area contributed by atoms with Crippen molar-refractivity contribution in [1.29, 1.82) is 0 Å². The molecular formula is C12H17N5O3S. The van der Waals surface area contributed by atoms with Crippen LogP contribution in [0.2, 0.25) is 0 Å². The topological polar surface area (TPSA) is 90.2 Å². The molecule has 1 saturated heterocycles. The third-order valence-corrected chi connectivity index (χ3v) is 4.64. The number of carbonyl (C=O) groups excluding carboxylic acids is 2. The Balaban J connectivity index is 1.58. The second-order valence-corrected chi connectivity index (χ2v) is 6.14. The van der Waals surface area contributed by atoms with Crippen molar-refractivity contribution >= 4 is 23.6 Å². The molecule has 1 saturated carbocycles. The molecule has 2 aliphatic rings. The Hall–Kier alpha value is -1.64. The molecule has 0 aromatic carbocycles. The molecule has 2 heterocycles. The van der Waals surface area contributed by atoms with Gasteiger partial charge in [0.15, 0.2) is 0 Å². The Labute approximate surface area is 126 Å². The third kappa shape index (κ3) is 3.02. The molecule has 0 radical (unpaired) electrons. The monoisotopic (exact) mass is 311 g/mol. The zero-order valence-corrected chi connectivity index (χ0v) is 12.6. The van der Waals surface area contributed by atoms with Gasteiger partial charge in [-0.25, -0.2) is 9.48 Å². The summed E-state index contributed by atoms with van der Waals surface area (Å²) in [6, 6.07) is -0.0604. The van der Waals surface area contributed by atoms with E-state index in [4.69, 9.17) is 4.74 Å². The predicted octanol–water partition coefficient (Wildman–Crippen LogP) is 0.264. The number of aromatic nitrogens is 4. The Bertz CT molecular complexity index is 545. The van der Waals surface area contributed by atoms with Gasteiger partial charge < -0.3 is 9.64 Å². The van der Waals surface area contributed by atoms with E-state index in [-0.39, 0.29) is 17.6 Å². The number of thioether (sulfide) groups is 1. The van der Waals surface area contributed by atoms with Crippen LogP contribution < -0.4 is 0 Å². The van der Waals surface area contributed by atoms with E-state index in [9.17, 15) is 9.59 Å². The maximum absolute atomic E-state index is 12.3. The van der Waals surface area contributed by atoms with E-state index in [1.807, 2.05) is 0 Å². The normalized spacial score (nSPS) is 21.6. The number of carbonyl (C=O) groups is 2. The average Bonchev–Trinajstić information content (AvgIpc) is 3.04. The van der Waals surface area contributed by atoms with Crippen LogP contribution in [-0.2, 0) is 14.3 Å². The second-order valence-electron chi connectivity index (χ2n) is 5.19. The standard InChI is InChI=1S/C12H17N5O3S/c1-20-11(19)9-3-2-6-16(9)10(18)7-21-12-13-14-15-17(12)8-4-5-8/h8-9H,2-7H2,1H3. The first-order valence-electron chi connectivity index (χ1n) is 6.98. The van der Waals surface area contributed by atoms with Crippen molar-refractivity contribution < 1.29 is 14.3 Å². The summed E-state index contributed by atoms with van der Waals surface area (Å²) in [6.45, 7) is 0.604. The van der Waals surface area contributed by atoms with Crippen LogP contribution in [0, 0.1) is 0 Å². The van der Waals surface area contributed by atoms with Crippen LogP contribution in [0.5, 0.6) is 0 Å². The summed E-state index contributed by atoms with van der Waals surface area (Å²) in [5, 5.41) is 12.2. The van der Waals surface area contributed by atoms with E-state index in [2.05, 4.69) is 15.5 Å². The fourth-order valence-corrected chi connectivity index (χ4v) is 3.31. The molecule has 1 aromatic rings. The number of hydrogen-bond acceptors (Lipinski definition) is 7. The van der Waals surface area contributed by atoms with Crippen molar-refractivity contribution in [2.24, 2.45) is 0 Å². The first-order valence-corrected chi connectivity index (χ1v) is 7.97. The van der Waals surface area contributed by atoms with Crippen LogP contribution in [0.1, 0.15) is 31.7 Å². The Kier molecular flexibility index (Phi) is 4.09. The van der Waals surface area contributed by atoms with Gasteiger partial charge in [-0.3, -0.25) is 4.79 Å². The lowest BCUT2D eigenvalue weighted by Crippen LogP contribution is -2.42. The quantitative estimate of drug-likeness (QED) is 0.569. The lowest BCUT2D eigenvalue weighted by Gasteiger charge is -2.22. The second kappa shape index (κ2) is 6.00. The van der Waals surface area contributed by atoms with Crippen LogP contribution >= 0.6 is 11.8 Å². The maximum atomic E-state index is 12.3. The lowest BCUT2D eigenvalue weighted by atomic mass is 10.2. The molecule has 8 nitrogen and oxygen atoms in total. The molecule has 1 aromatic heterocycles. The zero-order chi connectivity index (χ0) is 14.8. The highest BCUT2D eigenvalue weighted by molar-refractivity contribution is 7.99. The van der Waals surface area contributed by atoms with E-state index >= 15 is 0 Å². The molecule has 1 atom stereocenters. The summed E-state index contributed by atoms with van der Waals surface area (Å²) < 4.78 is 6.53. The van der Waals surface area contributed by atoms with Gasteiger partial charge in [-0.2, -0.15) is 0 Å². The number of nitrogens with zero attached hydrogens (tertiary/aromatic N) is 5. The van der Waals surface area contributed by atoms with Gasteiger partial charge in [0, 0.05) is 6.54 Å². The number of tetrazole rings is 1. The highest BCUT2D eigenvalue weighted by Crippen LogP contribution is 2.36. The van der Waals surface area contributed by atoms with E-state index in [0.29, 0.717) is 24.2 Å². The number of esters is 1. The molecule has 1 aliphatic carbocycles. The van der Waals surface area contributed by atoms with Crippen molar-refractivity contribution in [3.8, 4) is 0 Å². The summed E-state index contributed by atoms with van der Waals surface area (Å²) in [7, 11) is 1.35. The molecule has 1 unspecified atom stereocenters. The number of amides is 1. The Morgan fingerprint density at radius 3 is 2.90 bits per heavy atom. The molecule has 2 fully saturated rings. The first kappa shape index (κ1) is 14.3. The van der Waals surface area contributed by atoms with Crippen molar-refractivity contribution in [2.45, 2.75) is 42.9 Å². The van der Waals surface area contributed by atoms with Gasteiger partial charge in [0.2, 0.25) is 11.1 Å². The van der Waals surface area contributed by atoms with E-state index in [1.165, 1.54) is 18.9 Å². The highest BCUT2D eigenvalue weighted by Gasteiger charge is 2.35. The minimum absolute atomic E-state index is 0.0711. The fourth-order valence-electron chi connectivity index (χ4n) is 2.48. The number of likely N-dealkylation sites (tertiary alicyclic amines) is 1. The molecule has 3 rings (SSSR count). The molecule has 1 aliphatic heterocycles. The van der Waals surface area contributed by atoms with Crippen molar-refractivity contribution in [3.05, 3.63) is 0 Å². The number of rotatable bonds is 5. The third-order valence-electron chi connectivity index (χ3n) is 3.73. The van der Waals surface area contributed by atoms with Gasteiger partial charge >= 0.3 is 5.97 Å². The van der Waals surface area contributed by atoms with Crippen LogP contribution in [0.15, 0.2) is 5.16 Å². The van der Waals surface area contributed by atoms with Gasteiger partial charge in [0.1, 0.15) is 6.04 Å². The van der Waals surface area contributed by atoms with Gasteiger partial charge in [-0.1, -0.05) is 11.8 Å². The first-order chi connectivity index (χ1) is 10.2. The van der Waals surface area contributed by atoms with E-state index < -0.39 is 6.04 Å². The molecule has 1 amide bonds. The van der Waals surface area contributed by atoms with Crippen molar-refractivity contribution in [1.82, 2.24) is 25.1 Å². The minimum atomic E-state index is -0.442. The fraction of sp³-hybridized carbons (Fsp3) is 0.750. The van der Waals surface area contributed by atoms with Gasteiger partial charge in [0.25, 0.3) is 0 Å². The van der Waals surface area contributed by atoms with Gasteiger partial charge in [-0.15, -0.1) is 5.10 Å². The lowest BCUT2D eigenvalue weighted by molar-refractivity contribution is -0.150. The van der Waals surface area contributed by atoms with Gasteiger partial charge in [0.05, 0.1) is 18.9 Å². The Morgan fingerprint density at radius 1 is 1.38 bits per heavy atom. The largest absolute Gasteiger partial charge is 0.467 e. The molecule has 9 heteroatoms. The number of hydrogen-bond donors (Lipinski definition) is 0. The summed E-state index contributed by atoms with van der Waals surface area (Å²) in [5.41, 5.74) is 0. The Morgan fingerprint density at radius 2 is 2.19 bits per heavy atom. The summed E-state index contributed by atoms with van der Waals surface area (Å²) in [5.74, 6) is -0.174. The number of methoxy groups -OCH3 is 1. The van der Waals surface area contributed by atoms with Crippen LogP contribution in [0.4, 0.5) is 0 Å². The predicted molar refractivity (Wildman–Crippen MR) is 73.6 cm³/mol. The molecule has 114 valence electrons. The van der Waals surface area contributed by atoms with Crippen molar-refractivity contribution in [2.75, 3.05) is 19.4 Å². The van der Waals surface area contributed by atoms with Gasteiger partial charge in [-0.05, 0) is 36.1 Å². The summed E-state index contributed by atoms with van der Waals surface area (Å²) in [4.78, 5) is 25.5. The maximum Gasteiger partial charge on any atom is 0.328 e. The van der Waals surface area contributed by atoms with E-state index in [0.717, 1.165) is 19.3 Å². The summed E-state index contributed by atoms with van der Waals surface area (Å²) >= 11 is 1.32. The molecule has 21 heavy (non-hydrogen) atoms. The molecular weight excluding hydrogens is 294 g/mol. The molecule has 0 spiro atoms. The SMILES string of the molecule is COC(=O)C1CCCN1C(=O)CSc1nnnn1C1CC1.